The van der Waals surface area contributed by atoms with Gasteiger partial charge >= 0.3 is 12.2 Å². The van der Waals surface area contributed by atoms with Crippen molar-refractivity contribution in [2.45, 2.75) is 25.6 Å². The van der Waals surface area contributed by atoms with E-state index in [1.54, 1.807) is 6.92 Å². The largest absolute Gasteiger partial charge is 0.417 e. The van der Waals surface area contributed by atoms with Crippen LogP contribution in [-0.2, 0) is 11.0 Å². The number of aromatic nitrogens is 1. The van der Waals surface area contributed by atoms with Crippen LogP contribution in [0.5, 0.6) is 0 Å². The number of carbonyl (C=O) groups excluding carboxylic acids is 2. The molecule has 1 fully saturated rings. The highest BCUT2D eigenvalue weighted by Gasteiger charge is 2.31. The Labute approximate surface area is 149 Å². The van der Waals surface area contributed by atoms with Crippen molar-refractivity contribution in [3.8, 4) is 0 Å². The molecule has 0 bridgehead atoms. The number of rotatable bonds is 3. The molecule has 0 spiro atoms. The summed E-state index contributed by atoms with van der Waals surface area (Å²) in [7, 11) is 1.42. The summed E-state index contributed by atoms with van der Waals surface area (Å²) in [6, 6.07) is 1.32. The summed E-state index contributed by atoms with van der Waals surface area (Å²) in [6.07, 6.45) is -2.85. The molecule has 2 rings (SSSR count). The number of halogens is 3. The van der Waals surface area contributed by atoms with Crippen molar-refractivity contribution in [2.24, 2.45) is 0 Å². The Kier molecular flexibility index (Phi) is 6.41. The summed E-state index contributed by atoms with van der Waals surface area (Å²) < 4.78 is 37.9. The maximum Gasteiger partial charge on any atom is 0.417 e. The van der Waals surface area contributed by atoms with Gasteiger partial charge in [0.15, 0.2) is 0 Å². The highest BCUT2D eigenvalue weighted by atomic mass is 19.4. The van der Waals surface area contributed by atoms with Gasteiger partial charge in [-0.25, -0.2) is 9.78 Å². The molecular weight excluding hydrogens is 351 g/mol. The summed E-state index contributed by atoms with van der Waals surface area (Å²) in [5.74, 6) is 0.0766. The standard InChI is InChI=1S/C16H22F3N5O2/c1-11(14(25)22-15(26)20-2)23-6-3-7-24(9-8-23)13-5-4-12(10-21-13)16(17,18)19/h4-5,10-11H,3,6-9H2,1-2H3,(H2,20,22,25,26). The Morgan fingerprint density at radius 2 is 1.92 bits per heavy atom. The third-order valence-corrected chi connectivity index (χ3v) is 4.32. The molecule has 0 aliphatic carbocycles. The number of urea groups is 1. The van der Waals surface area contributed by atoms with Crippen molar-refractivity contribution in [1.82, 2.24) is 20.5 Å². The smallest absolute Gasteiger partial charge is 0.355 e. The van der Waals surface area contributed by atoms with Gasteiger partial charge in [-0.3, -0.25) is 15.0 Å². The second-order valence-electron chi connectivity index (χ2n) is 6.02. The van der Waals surface area contributed by atoms with E-state index in [1.807, 2.05) is 9.80 Å². The number of pyridine rings is 1. The van der Waals surface area contributed by atoms with Gasteiger partial charge < -0.3 is 10.2 Å². The van der Waals surface area contributed by atoms with Crippen molar-refractivity contribution < 1.29 is 22.8 Å². The number of amides is 3. The highest BCUT2D eigenvalue weighted by Crippen LogP contribution is 2.29. The molecule has 2 N–H and O–H groups in total. The van der Waals surface area contributed by atoms with E-state index in [9.17, 15) is 22.8 Å². The first-order chi connectivity index (χ1) is 12.2. The van der Waals surface area contributed by atoms with E-state index in [-0.39, 0.29) is 0 Å². The number of imide groups is 1. The van der Waals surface area contributed by atoms with Gasteiger partial charge in [-0.2, -0.15) is 13.2 Å². The first kappa shape index (κ1) is 20.0. The monoisotopic (exact) mass is 373 g/mol. The van der Waals surface area contributed by atoms with Crippen molar-refractivity contribution in [2.75, 3.05) is 38.1 Å². The number of alkyl halides is 3. The van der Waals surface area contributed by atoms with Crippen LogP contribution in [0.25, 0.3) is 0 Å². The molecule has 144 valence electrons. The average molecular weight is 373 g/mol. The average Bonchev–Trinajstić information content (AvgIpc) is 2.86. The Balaban J connectivity index is 1.97. The van der Waals surface area contributed by atoms with Crippen molar-refractivity contribution in [1.29, 1.82) is 0 Å². The number of nitrogens with zero attached hydrogens (tertiary/aromatic N) is 3. The fourth-order valence-electron chi connectivity index (χ4n) is 2.74. The molecule has 3 amide bonds. The summed E-state index contributed by atoms with van der Waals surface area (Å²) in [6.45, 7) is 4.03. The number of hydrogen-bond donors (Lipinski definition) is 2. The lowest BCUT2D eigenvalue weighted by Gasteiger charge is -2.26. The predicted molar refractivity (Wildman–Crippen MR) is 89.7 cm³/mol. The van der Waals surface area contributed by atoms with Gasteiger partial charge in [0.1, 0.15) is 5.82 Å². The summed E-state index contributed by atoms with van der Waals surface area (Å²) >= 11 is 0. The summed E-state index contributed by atoms with van der Waals surface area (Å²) in [4.78, 5) is 31.1. The van der Waals surface area contributed by atoms with Gasteiger partial charge in [0.05, 0.1) is 11.6 Å². The minimum absolute atomic E-state index is 0.398. The zero-order valence-electron chi connectivity index (χ0n) is 14.6. The van der Waals surface area contributed by atoms with Crippen LogP contribution in [-0.4, -0.2) is 61.1 Å². The summed E-state index contributed by atoms with van der Waals surface area (Å²) in [5, 5.41) is 4.57. The Hall–Kier alpha value is -2.36. The molecule has 1 aromatic rings. The molecule has 1 saturated heterocycles. The second kappa shape index (κ2) is 8.35. The van der Waals surface area contributed by atoms with Gasteiger partial charge in [-0.05, 0) is 25.5 Å². The van der Waals surface area contributed by atoms with Crippen LogP contribution in [0.2, 0.25) is 0 Å². The van der Waals surface area contributed by atoms with E-state index in [2.05, 4.69) is 15.6 Å². The molecule has 10 heteroatoms. The number of carbonyl (C=O) groups is 2. The van der Waals surface area contributed by atoms with Gasteiger partial charge in [-0.15, -0.1) is 0 Å². The molecule has 2 heterocycles. The van der Waals surface area contributed by atoms with Crippen LogP contribution in [0, 0.1) is 0 Å². The molecule has 1 atom stereocenters. The molecule has 7 nitrogen and oxygen atoms in total. The molecule has 26 heavy (non-hydrogen) atoms. The fraction of sp³-hybridized carbons (Fsp3) is 0.562. The van der Waals surface area contributed by atoms with Gasteiger partial charge in [-0.1, -0.05) is 0 Å². The lowest BCUT2D eigenvalue weighted by Crippen LogP contribution is -2.50. The minimum Gasteiger partial charge on any atom is -0.355 e. The fourth-order valence-corrected chi connectivity index (χ4v) is 2.74. The van der Waals surface area contributed by atoms with Gasteiger partial charge in [0, 0.05) is 39.4 Å². The molecule has 0 radical (unpaired) electrons. The van der Waals surface area contributed by atoms with E-state index in [4.69, 9.17) is 0 Å². The van der Waals surface area contributed by atoms with E-state index in [0.29, 0.717) is 32.0 Å². The maximum absolute atomic E-state index is 12.6. The lowest BCUT2D eigenvalue weighted by atomic mass is 10.2. The van der Waals surface area contributed by atoms with Crippen molar-refractivity contribution in [3.63, 3.8) is 0 Å². The first-order valence-electron chi connectivity index (χ1n) is 8.27. The molecule has 0 aromatic carbocycles. The van der Waals surface area contributed by atoms with Crippen LogP contribution in [0.4, 0.5) is 23.8 Å². The van der Waals surface area contributed by atoms with E-state index >= 15 is 0 Å². The number of anilines is 1. The quantitative estimate of drug-likeness (QED) is 0.839. The number of nitrogens with one attached hydrogen (secondary N) is 2. The zero-order chi connectivity index (χ0) is 19.3. The highest BCUT2D eigenvalue weighted by molar-refractivity contribution is 5.96. The topological polar surface area (TPSA) is 77.6 Å². The second-order valence-corrected chi connectivity index (χ2v) is 6.02. The lowest BCUT2D eigenvalue weighted by molar-refractivity contribution is -0.137. The molecule has 1 aromatic heterocycles. The van der Waals surface area contributed by atoms with Crippen LogP contribution in [0.15, 0.2) is 18.3 Å². The zero-order valence-corrected chi connectivity index (χ0v) is 14.6. The summed E-state index contributed by atoms with van der Waals surface area (Å²) in [5.41, 5.74) is -0.780. The first-order valence-corrected chi connectivity index (χ1v) is 8.27. The van der Waals surface area contributed by atoms with E-state index < -0.39 is 29.7 Å². The van der Waals surface area contributed by atoms with Crippen LogP contribution < -0.4 is 15.5 Å². The molecule has 1 unspecified atom stereocenters. The van der Waals surface area contributed by atoms with Crippen LogP contribution >= 0.6 is 0 Å². The van der Waals surface area contributed by atoms with Crippen molar-refractivity contribution in [3.05, 3.63) is 23.9 Å². The molecule has 1 aliphatic heterocycles. The number of hydrogen-bond acceptors (Lipinski definition) is 5. The SMILES string of the molecule is CNC(=O)NC(=O)C(C)N1CCCN(c2ccc(C(F)(F)F)cn2)CC1. The Morgan fingerprint density at radius 3 is 2.50 bits per heavy atom. The Bertz CT molecular complexity index is 636. The van der Waals surface area contributed by atoms with Crippen LogP contribution in [0.3, 0.4) is 0 Å². The maximum atomic E-state index is 12.6. The predicted octanol–water partition coefficient (Wildman–Crippen LogP) is 1.46. The van der Waals surface area contributed by atoms with Gasteiger partial charge in [0.2, 0.25) is 5.91 Å². The Morgan fingerprint density at radius 1 is 1.19 bits per heavy atom. The molecule has 1 aliphatic rings. The minimum atomic E-state index is -4.41. The third-order valence-electron chi connectivity index (χ3n) is 4.32. The third kappa shape index (κ3) is 5.07. The van der Waals surface area contributed by atoms with Gasteiger partial charge in [0.25, 0.3) is 0 Å². The van der Waals surface area contributed by atoms with Crippen molar-refractivity contribution >= 4 is 17.8 Å². The van der Waals surface area contributed by atoms with E-state index in [1.165, 1.54) is 13.1 Å². The van der Waals surface area contributed by atoms with Crippen LogP contribution in [0.1, 0.15) is 18.9 Å². The van der Waals surface area contributed by atoms with E-state index in [0.717, 1.165) is 18.7 Å². The normalized spacial score (nSPS) is 17.3. The molecular formula is C16H22F3N5O2. The molecule has 0 saturated carbocycles.